The van der Waals surface area contributed by atoms with Gasteiger partial charge in [-0.05, 0) is 27.6 Å². The average Bonchev–Trinajstić information content (AvgIpc) is 2.35. The van der Waals surface area contributed by atoms with E-state index in [0.717, 1.165) is 5.56 Å². The minimum atomic E-state index is -1.28. The van der Waals surface area contributed by atoms with Crippen molar-refractivity contribution in [2.75, 3.05) is 0 Å². The molecule has 0 radical (unpaired) electrons. The Bertz CT molecular complexity index is 510. The van der Waals surface area contributed by atoms with Gasteiger partial charge in [0.2, 0.25) is 0 Å². The first-order valence-electron chi connectivity index (χ1n) is 5.18. The summed E-state index contributed by atoms with van der Waals surface area (Å²) in [6.45, 7) is 0. The number of rotatable bonds is 1. The first kappa shape index (κ1) is 17.2. The first-order chi connectivity index (χ1) is 8.56. The molecular weight excluding hydrogens is 640 g/mol. The van der Waals surface area contributed by atoms with Gasteiger partial charge in [0.05, 0.1) is 0 Å². The highest BCUT2D eigenvalue weighted by molar-refractivity contribution is 9.31. The van der Waals surface area contributed by atoms with Gasteiger partial charge in [-0.1, -0.05) is 116 Å². The molecular formula is C12H8Br6O. The Hall–Kier alpha value is 1.80. The molecule has 2 unspecified atom stereocenters. The summed E-state index contributed by atoms with van der Waals surface area (Å²) < 4.78 is -3.48. The summed E-state index contributed by atoms with van der Waals surface area (Å²) in [6.07, 6.45) is 3.52. The van der Waals surface area contributed by atoms with E-state index in [0.29, 0.717) is 0 Å². The van der Waals surface area contributed by atoms with Crippen molar-refractivity contribution in [2.24, 2.45) is 0 Å². The van der Waals surface area contributed by atoms with Gasteiger partial charge in [0.15, 0.2) is 4.51 Å². The van der Waals surface area contributed by atoms with Gasteiger partial charge in [-0.2, -0.15) is 0 Å². The van der Waals surface area contributed by atoms with Crippen molar-refractivity contribution in [3.05, 3.63) is 48.0 Å². The minimum absolute atomic E-state index is 0.591. The molecule has 1 aromatic rings. The van der Waals surface area contributed by atoms with Crippen LogP contribution in [0.15, 0.2) is 42.5 Å². The molecule has 0 fully saturated rings. The van der Waals surface area contributed by atoms with Crippen molar-refractivity contribution < 1.29 is 5.11 Å². The fourth-order valence-corrected chi connectivity index (χ4v) is 6.55. The van der Waals surface area contributed by atoms with E-state index >= 15 is 0 Å². The van der Waals surface area contributed by atoms with Crippen molar-refractivity contribution in [3.8, 4) is 0 Å². The van der Waals surface area contributed by atoms with Crippen LogP contribution in [0.2, 0.25) is 0 Å². The Morgan fingerprint density at radius 2 is 1.32 bits per heavy atom. The van der Waals surface area contributed by atoms with Crippen LogP contribution in [-0.2, 0) is 4.32 Å². The Balaban J connectivity index is 2.74. The summed E-state index contributed by atoms with van der Waals surface area (Å²) in [7, 11) is 0. The summed E-state index contributed by atoms with van der Waals surface area (Å²) in [4.78, 5) is 0. The summed E-state index contributed by atoms with van der Waals surface area (Å²) in [6, 6.07) is 9.70. The quantitative estimate of drug-likeness (QED) is 0.298. The Morgan fingerprint density at radius 3 is 1.84 bits per heavy atom. The van der Waals surface area contributed by atoms with Gasteiger partial charge in [-0.25, -0.2) is 0 Å². The van der Waals surface area contributed by atoms with Crippen LogP contribution in [0.25, 0.3) is 0 Å². The molecule has 104 valence electrons. The highest BCUT2D eigenvalue weighted by Crippen LogP contribution is 2.69. The Labute approximate surface area is 162 Å². The molecule has 0 heterocycles. The molecule has 1 nitrogen and oxygen atoms in total. The molecule has 0 saturated heterocycles. The van der Waals surface area contributed by atoms with Crippen LogP contribution in [0.5, 0.6) is 0 Å². The number of aliphatic hydroxyl groups is 1. The molecule has 0 bridgehead atoms. The van der Waals surface area contributed by atoms with Crippen LogP contribution in [-0.4, -0.2) is 16.1 Å². The molecule has 2 atom stereocenters. The lowest BCUT2D eigenvalue weighted by Crippen LogP contribution is -2.61. The van der Waals surface area contributed by atoms with Crippen molar-refractivity contribution in [1.82, 2.24) is 0 Å². The summed E-state index contributed by atoms with van der Waals surface area (Å²) in [5, 5.41) is 10.8. The number of halogens is 6. The third-order valence-electron chi connectivity index (χ3n) is 3.02. The van der Waals surface area contributed by atoms with Crippen LogP contribution in [0, 0.1) is 0 Å². The third-order valence-corrected chi connectivity index (χ3v) is 13.4. The van der Waals surface area contributed by atoms with Crippen LogP contribution in [0.4, 0.5) is 0 Å². The van der Waals surface area contributed by atoms with Crippen molar-refractivity contribution in [1.29, 1.82) is 0 Å². The summed E-state index contributed by atoms with van der Waals surface area (Å²) in [5.41, 5.74) is 0.913. The standard InChI is InChI=1S/C12H8Br6O/c13-9(14)6-7-10(15,19)11(16,12(9,17)18)8-4-2-1-3-5-8/h1-7,19H. The van der Waals surface area contributed by atoms with Gasteiger partial charge in [0.25, 0.3) is 0 Å². The van der Waals surface area contributed by atoms with Gasteiger partial charge in [-0.15, -0.1) is 0 Å². The lowest BCUT2D eigenvalue weighted by molar-refractivity contribution is 0.138. The Kier molecular flexibility index (Phi) is 4.93. The van der Waals surface area contributed by atoms with Gasteiger partial charge in [0, 0.05) is 0 Å². The average molecular weight is 648 g/mol. The smallest absolute Gasteiger partial charge is 0.159 e. The lowest BCUT2D eigenvalue weighted by Gasteiger charge is -2.53. The van der Waals surface area contributed by atoms with Crippen LogP contribution >= 0.6 is 95.6 Å². The van der Waals surface area contributed by atoms with E-state index in [9.17, 15) is 5.11 Å². The van der Waals surface area contributed by atoms with Crippen LogP contribution in [0.1, 0.15) is 5.56 Å². The molecule has 0 spiro atoms. The first-order valence-corrected chi connectivity index (χ1v) is 9.94. The predicted octanol–water partition coefficient (Wildman–Crippen LogP) is 5.90. The fraction of sp³-hybridized carbons (Fsp3) is 0.333. The van der Waals surface area contributed by atoms with E-state index in [4.69, 9.17) is 0 Å². The molecule has 1 N–H and O–H groups in total. The minimum Gasteiger partial charge on any atom is -0.373 e. The molecule has 1 aromatic carbocycles. The van der Waals surface area contributed by atoms with E-state index in [1.807, 2.05) is 36.4 Å². The van der Waals surface area contributed by atoms with Gasteiger partial charge in [-0.3, -0.25) is 0 Å². The summed E-state index contributed by atoms with van der Waals surface area (Å²) >= 11 is 21.7. The van der Waals surface area contributed by atoms with Gasteiger partial charge >= 0.3 is 0 Å². The topological polar surface area (TPSA) is 20.2 Å². The normalized spacial score (nSPS) is 36.2. The molecule has 19 heavy (non-hydrogen) atoms. The molecule has 1 aliphatic carbocycles. The van der Waals surface area contributed by atoms with E-state index in [1.54, 1.807) is 6.08 Å². The maximum absolute atomic E-state index is 10.8. The van der Waals surface area contributed by atoms with Gasteiger partial charge in [0.1, 0.15) is 10.8 Å². The van der Waals surface area contributed by atoms with Crippen LogP contribution < -0.4 is 0 Å². The van der Waals surface area contributed by atoms with E-state index in [1.165, 1.54) is 0 Å². The maximum Gasteiger partial charge on any atom is 0.159 e. The van der Waals surface area contributed by atoms with E-state index in [-0.39, 0.29) is 0 Å². The Morgan fingerprint density at radius 1 is 0.789 bits per heavy atom. The highest BCUT2D eigenvalue weighted by Gasteiger charge is 2.68. The number of allylic oxidation sites excluding steroid dienone is 1. The molecule has 0 amide bonds. The molecule has 0 aliphatic heterocycles. The van der Waals surface area contributed by atoms with Crippen molar-refractivity contribution in [3.63, 3.8) is 0 Å². The molecule has 2 rings (SSSR count). The summed E-state index contributed by atoms with van der Waals surface area (Å²) in [5.74, 6) is 0. The van der Waals surface area contributed by atoms with Crippen molar-refractivity contribution in [2.45, 2.75) is 15.3 Å². The number of hydrogen-bond donors (Lipinski definition) is 1. The predicted molar refractivity (Wildman–Crippen MR) is 101 cm³/mol. The van der Waals surface area contributed by atoms with Crippen molar-refractivity contribution >= 4 is 95.6 Å². The fourth-order valence-electron chi connectivity index (χ4n) is 1.94. The van der Waals surface area contributed by atoms with Gasteiger partial charge < -0.3 is 5.11 Å². The number of benzene rings is 1. The number of alkyl halides is 6. The zero-order chi connectivity index (χ0) is 14.5. The SMILES string of the molecule is OC1(Br)C=CC(Br)(Br)C(Br)(Br)C1(Br)c1ccccc1. The molecule has 0 saturated carbocycles. The number of hydrogen-bond acceptors (Lipinski definition) is 1. The molecule has 1 aliphatic rings. The second kappa shape index (κ2) is 5.46. The zero-order valence-corrected chi connectivity index (χ0v) is 18.8. The third kappa shape index (κ3) is 2.53. The lowest BCUT2D eigenvalue weighted by atomic mass is 9.84. The highest BCUT2D eigenvalue weighted by atomic mass is 79.9. The van der Waals surface area contributed by atoms with E-state index in [2.05, 4.69) is 95.6 Å². The second-order valence-electron chi connectivity index (χ2n) is 4.23. The zero-order valence-electron chi connectivity index (χ0n) is 9.26. The van der Waals surface area contributed by atoms with Crippen LogP contribution in [0.3, 0.4) is 0 Å². The molecule has 7 heteroatoms. The van der Waals surface area contributed by atoms with E-state index < -0.39 is 15.3 Å². The maximum atomic E-state index is 10.8. The molecule has 0 aromatic heterocycles. The monoisotopic (exact) mass is 642 g/mol. The largest absolute Gasteiger partial charge is 0.373 e. The second-order valence-corrected chi connectivity index (χ2v) is 13.6.